The summed E-state index contributed by atoms with van der Waals surface area (Å²) >= 11 is 0. The number of rotatable bonds is 13. The van der Waals surface area contributed by atoms with Gasteiger partial charge in [-0.05, 0) is 44.9 Å². The molecule has 4 rings (SSSR count). The molecule has 2 fully saturated rings. The fourth-order valence-electron chi connectivity index (χ4n) is 5.38. The highest BCUT2D eigenvalue weighted by molar-refractivity contribution is 5.32. The SMILES string of the molecule is CCOC(O)Cc1nc(CC(O)OCC)nc(C2CC3CC2CC3c2nc(N)nc(NCCO)n2)n1. The topological polar surface area (TPSA) is 195 Å². The zero-order valence-electron chi connectivity index (χ0n) is 20.7. The van der Waals surface area contributed by atoms with Crippen molar-refractivity contribution in [3.8, 4) is 0 Å². The normalized spacial score (nSPS) is 24.7. The van der Waals surface area contributed by atoms with E-state index in [0.717, 1.165) is 19.3 Å². The Kier molecular flexibility index (Phi) is 8.90. The highest BCUT2D eigenvalue weighted by Gasteiger charge is 2.49. The second-order valence-electron chi connectivity index (χ2n) is 9.22. The number of nitrogens with two attached hydrogens (primary N) is 1. The highest BCUT2D eigenvalue weighted by Crippen LogP contribution is 2.58. The average Bonchev–Trinajstić information content (AvgIpc) is 3.44. The zero-order valence-corrected chi connectivity index (χ0v) is 20.7. The van der Waals surface area contributed by atoms with Crippen molar-refractivity contribution in [2.45, 2.75) is 70.4 Å². The number of aliphatic hydroxyl groups is 3. The summed E-state index contributed by atoms with van der Waals surface area (Å²) in [6.45, 7) is 4.67. The number of nitrogen functional groups attached to an aromatic ring is 1. The molecule has 2 aliphatic rings. The molecule has 2 saturated carbocycles. The number of fused-ring (bicyclic) bond motifs is 2. The van der Waals surface area contributed by atoms with Crippen LogP contribution in [0.2, 0.25) is 0 Å². The monoisotopic (exact) mass is 504 g/mol. The maximum atomic E-state index is 10.1. The molecule has 36 heavy (non-hydrogen) atoms. The number of hydrogen-bond donors (Lipinski definition) is 5. The molecule has 2 aromatic rings. The molecule has 13 nitrogen and oxygen atoms in total. The second kappa shape index (κ2) is 12.1. The van der Waals surface area contributed by atoms with Gasteiger partial charge in [-0.2, -0.15) is 15.0 Å². The van der Waals surface area contributed by atoms with Crippen molar-refractivity contribution < 1.29 is 24.8 Å². The lowest BCUT2D eigenvalue weighted by Crippen LogP contribution is -2.24. The first-order chi connectivity index (χ1) is 17.4. The summed E-state index contributed by atoms with van der Waals surface area (Å²) in [5.41, 5.74) is 5.92. The number of aromatic nitrogens is 6. The van der Waals surface area contributed by atoms with Crippen LogP contribution in [0.15, 0.2) is 0 Å². The van der Waals surface area contributed by atoms with Gasteiger partial charge < -0.3 is 35.8 Å². The van der Waals surface area contributed by atoms with E-state index in [1.807, 2.05) is 13.8 Å². The third-order valence-electron chi connectivity index (χ3n) is 6.76. The van der Waals surface area contributed by atoms with E-state index in [0.29, 0.717) is 60.8 Å². The summed E-state index contributed by atoms with van der Waals surface area (Å²) in [7, 11) is 0. The fourth-order valence-corrected chi connectivity index (χ4v) is 5.38. The molecule has 6 atom stereocenters. The van der Waals surface area contributed by atoms with E-state index >= 15 is 0 Å². The first-order valence-electron chi connectivity index (χ1n) is 12.6. The number of nitrogens with zero attached hydrogens (tertiary/aromatic N) is 6. The molecule has 0 aliphatic heterocycles. The van der Waals surface area contributed by atoms with Crippen LogP contribution in [0.3, 0.4) is 0 Å². The van der Waals surface area contributed by atoms with Crippen LogP contribution in [0.25, 0.3) is 0 Å². The molecule has 0 saturated heterocycles. The summed E-state index contributed by atoms with van der Waals surface area (Å²) in [4.78, 5) is 26.9. The van der Waals surface area contributed by atoms with Gasteiger partial charge in [0.2, 0.25) is 11.9 Å². The molecule has 2 aliphatic carbocycles. The maximum absolute atomic E-state index is 10.1. The molecular weight excluding hydrogens is 468 g/mol. The van der Waals surface area contributed by atoms with Crippen LogP contribution in [0.5, 0.6) is 0 Å². The lowest BCUT2D eigenvalue weighted by molar-refractivity contribution is -0.0950. The maximum Gasteiger partial charge on any atom is 0.227 e. The van der Waals surface area contributed by atoms with Gasteiger partial charge in [0.05, 0.1) is 19.4 Å². The van der Waals surface area contributed by atoms with E-state index in [2.05, 4.69) is 35.2 Å². The highest BCUT2D eigenvalue weighted by atomic mass is 16.6. The van der Waals surface area contributed by atoms with Crippen molar-refractivity contribution in [3.63, 3.8) is 0 Å². The van der Waals surface area contributed by atoms with Gasteiger partial charge in [-0.1, -0.05) is 0 Å². The smallest absolute Gasteiger partial charge is 0.227 e. The Hall–Kier alpha value is -2.58. The molecule has 0 radical (unpaired) electrons. The van der Waals surface area contributed by atoms with Crippen molar-refractivity contribution in [1.82, 2.24) is 29.9 Å². The molecule has 2 bridgehead atoms. The Morgan fingerprint density at radius 1 is 0.833 bits per heavy atom. The molecule has 6 unspecified atom stereocenters. The first kappa shape index (κ1) is 26.5. The van der Waals surface area contributed by atoms with E-state index in [4.69, 9.17) is 20.3 Å². The fraction of sp³-hybridized carbons (Fsp3) is 0.739. The predicted octanol–water partition coefficient (Wildman–Crippen LogP) is 0.135. The largest absolute Gasteiger partial charge is 0.395 e. The summed E-state index contributed by atoms with van der Waals surface area (Å²) in [5, 5.41) is 32.3. The number of anilines is 2. The lowest BCUT2D eigenvalue weighted by Gasteiger charge is -2.27. The molecule has 0 amide bonds. The molecule has 2 heterocycles. The van der Waals surface area contributed by atoms with Crippen LogP contribution in [-0.2, 0) is 22.3 Å². The van der Waals surface area contributed by atoms with Crippen LogP contribution in [0.4, 0.5) is 11.9 Å². The average molecular weight is 505 g/mol. The molecule has 198 valence electrons. The number of nitrogens with one attached hydrogen (secondary N) is 1. The van der Waals surface area contributed by atoms with Crippen LogP contribution in [0.1, 0.15) is 68.2 Å². The van der Waals surface area contributed by atoms with E-state index in [1.165, 1.54) is 0 Å². The Bertz CT molecular complexity index is 982. The van der Waals surface area contributed by atoms with Crippen LogP contribution in [0, 0.1) is 11.8 Å². The quantitative estimate of drug-likeness (QED) is 0.231. The Balaban J connectivity index is 1.52. The predicted molar refractivity (Wildman–Crippen MR) is 129 cm³/mol. The van der Waals surface area contributed by atoms with Crippen molar-refractivity contribution in [3.05, 3.63) is 23.3 Å². The van der Waals surface area contributed by atoms with Gasteiger partial charge in [-0.15, -0.1) is 0 Å². The summed E-state index contributed by atoms with van der Waals surface area (Å²) in [5.74, 6) is 3.72. The third kappa shape index (κ3) is 6.40. The number of aliphatic hydroxyl groups excluding tert-OH is 3. The minimum Gasteiger partial charge on any atom is -0.395 e. The summed E-state index contributed by atoms with van der Waals surface area (Å²) in [6, 6.07) is 0. The van der Waals surface area contributed by atoms with Crippen molar-refractivity contribution in [2.24, 2.45) is 11.8 Å². The van der Waals surface area contributed by atoms with Gasteiger partial charge in [-0.25, -0.2) is 15.0 Å². The van der Waals surface area contributed by atoms with Gasteiger partial charge in [0.25, 0.3) is 0 Å². The van der Waals surface area contributed by atoms with Crippen LogP contribution < -0.4 is 11.1 Å². The Labute approximate surface area is 209 Å². The van der Waals surface area contributed by atoms with E-state index in [9.17, 15) is 10.2 Å². The van der Waals surface area contributed by atoms with Gasteiger partial charge in [0.1, 0.15) is 23.3 Å². The summed E-state index contributed by atoms with van der Waals surface area (Å²) < 4.78 is 10.5. The minimum absolute atomic E-state index is 0.0319. The zero-order chi connectivity index (χ0) is 25.7. The van der Waals surface area contributed by atoms with Crippen molar-refractivity contribution >= 4 is 11.9 Å². The van der Waals surface area contributed by atoms with Crippen molar-refractivity contribution in [2.75, 3.05) is 37.4 Å². The van der Waals surface area contributed by atoms with Gasteiger partial charge in [0, 0.05) is 31.6 Å². The van der Waals surface area contributed by atoms with E-state index in [-0.39, 0.29) is 37.2 Å². The van der Waals surface area contributed by atoms with Gasteiger partial charge >= 0.3 is 0 Å². The first-order valence-corrected chi connectivity index (χ1v) is 12.6. The van der Waals surface area contributed by atoms with E-state index < -0.39 is 12.6 Å². The Morgan fingerprint density at radius 2 is 1.39 bits per heavy atom. The van der Waals surface area contributed by atoms with E-state index in [1.54, 1.807) is 0 Å². The second-order valence-corrected chi connectivity index (χ2v) is 9.22. The van der Waals surface area contributed by atoms with Crippen molar-refractivity contribution in [1.29, 1.82) is 0 Å². The lowest BCUT2D eigenvalue weighted by atomic mass is 9.81. The van der Waals surface area contributed by atoms with Crippen LogP contribution >= 0.6 is 0 Å². The number of ether oxygens (including phenoxy) is 2. The Morgan fingerprint density at radius 3 is 1.89 bits per heavy atom. The van der Waals surface area contributed by atoms with Gasteiger partial charge in [-0.3, -0.25) is 0 Å². The van der Waals surface area contributed by atoms with Gasteiger partial charge in [0.15, 0.2) is 12.6 Å². The minimum atomic E-state index is -1.01. The van der Waals surface area contributed by atoms with Crippen LogP contribution in [-0.4, -0.2) is 84.2 Å². The molecular formula is C23H36N8O5. The number of hydrogen-bond acceptors (Lipinski definition) is 13. The summed E-state index contributed by atoms with van der Waals surface area (Å²) in [6.07, 6.45) is 0.990. The molecule has 0 aromatic carbocycles. The molecule has 6 N–H and O–H groups in total. The standard InChI is InChI=1S/C23H36N8O5/c1-3-35-18(33)10-16-26-17(11-19(34)36-4-2)28-20(27-16)14-8-13-7-12(14)9-15(13)21-29-22(24)31-23(30-21)25-5-6-32/h12-15,18-19,32-34H,3-11H2,1-2H3,(H3,24,25,29,30,31). The molecule has 0 spiro atoms. The third-order valence-corrected chi connectivity index (χ3v) is 6.76. The molecule has 13 heteroatoms. The molecule has 2 aromatic heterocycles.